The molecule has 1 fully saturated rings. The Bertz CT molecular complexity index is 1150. The number of amides is 1. The number of rotatable bonds is 5. The number of carbonyl (C=O) groups is 1. The summed E-state index contributed by atoms with van der Waals surface area (Å²) in [6, 6.07) is 8.57. The van der Waals surface area contributed by atoms with Gasteiger partial charge in [-0.25, -0.2) is 8.42 Å². The lowest BCUT2D eigenvalue weighted by molar-refractivity contribution is 0.0730. The normalized spacial score (nSPS) is 17.2. The van der Waals surface area contributed by atoms with E-state index in [1.165, 1.54) is 39.9 Å². The first-order chi connectivity index (χ1) is 15.3. The summed E-state index contributed by atoms with van der Waals surface area (Å²) in [6.45, 7) is 7.35. The van der Waals surface area contributed by atoms with E-state index in [1.807, 2.05) is 0 Å². The molecule has 0 unspecified atom stereocenters. The Morgan fingerprint density at radius 1 is 1.18 bits per heavy atom. The molecule has 2 aliphatic heterocycles. The van der Waals surface area contributed by atoms with Crippen molar-refractivity contribution in [3.63, 3.8) is 0 Å². The number of anilines is 1. The van der Waals surface area contributed by atoms with E-state index in [-0.39, 0.29) is 23.2 Å². The molecule has 0 aliphatic carbocycles. The highest BCUT2D eigenvalue weighted by molar-refractivity contribution is 7.89. The second-order valence-electron chi connectivity index (χ2n) is 8.13. The molecule has 0 saturated carbocycles. The van der Waals surface area contributed by atoms with E-state index >= 15 is 0 Å². The quantitative estimate of drug-likeness (QED) is 0.663. The molecule has 0 radical (unpaired) electrons. The van der Waals surface area contributed by atoms with Gasteiger partial charge in [0.2, 0.25) is 10.0 Å². The van der Waals surface area contributed by atoms with Gasteiger partial charge >= 0.3 is 0 Å². The number of carbonyl (C=O) groups excluding carboxylic acids is 1. The highest BCUT2D eigenvalue weighted by atomic mass is 35.5. The van der Waals surface area contributed by atoms with Crippen molar-refractivity contribution in [2.24, 2.45) is 0 Å². The Kier molecular flexibility index (Phi) is 8.16. The Morgan fingerprint density at radius 3 is 2.45 bits per heavy atom. The van der Waals surface area contributed by atoms with Crippen molar-refractivity contribution in [3.8, 4) is 6.07 Å². The molecular weight excluding hydrogens is 484 g/mol. The average molecular weight is 511 g/mol. The number of fused-ring (bicyclic) bond motifs is 1. The number of halogens is 1. The highest BCUT2D eigenvalue weighted by Crippen LogP contribution is 2.37. The molecule has 1 aromatic heterocycles. The van der Waals surface area contributed by atoms with Crippen molar-refractivity contribution in [2.45, 2.75) is 37.8 Å². The molecule has 2 aliphatic rings. The molecule has 0 bridgehead atoms. The van der Waals surface area contributed by atoms with Crippen LogP contribution in [0.15, 0.2) is 29.2 Å². The third kappa shape index (κ3) is 5.24. The van der Waals surface area contributed by atoms with Gasteiger partial charge in [0.05, 0.1) is 23.7 Å². The van der Waals surface area contributed by atoms with Crippen LogP contribution in [0, 0.1) is 11.3 Å². The maximum atomic E-state index is 12.8. The first-order valence-electron chi connectivity index (χ1n) is 10.6. The molecule has 8 nitrogen and oxygen atoms in total. The van der Waals surface area contributed by atoms with Crippen LogP contribution in [0.5, 0.6) is 0 Å². The number of sulfonamides is 1. The van der Waals surface area contributed by atoms with E-state index in [9.17, 15) is 18.5 Å². The van der Waals surface area contributed by atoms with E-state index in [4.69, 9.17) is 4.74 Å². The fourth-order valence-corrected chi connectivity index (χ4v) is 6.59. The van der Waals surface area contributed by atoms with Crippen molar-refractivity contribution >= 4 is 44.7 Å². The molecule has 3 heterocycles. The van der Waals surface area contributed by atoms with Gasteiger partial charge in [-0.15, -0.1) is 23.7 Å². The number of hydrogen-bond donors (Lipinski definition) is 1. The molecular formula is C22H27ClN4O4S2. The minimum Gasteiger partial charge on any atom is -0.379 e. The molecule has 0 atom stereocenters. The predicted octanol–water partition coefficient (Wildman–Crippen LogP) is 3.08. The monoisotopic (exact) mass is 510 g/mol. The number of nitrogens with one attached hydrogen (secondary N) is 1. The van der Waals surface area contributed by atoms with Gasteiger partial charge in [-0.05, 0) is 50.1 Å². The number of nitriles is 1. The van der Waals surface area contributed by atoms with Gasteiger partial charge in [-0.3, -0.25) is 9.69 Å². The summed E-state index contributed by atoms with van der Waals surface area (Å²) in [5, 5.41) is 13.1. The topological polar surface area (TPSA) is 103 Å². The minimum absolute atomic E-state index is 0. The molecule has 1 aromatic carbocycles. The predicted molar refractivity (Wildman–Crippen MR) is 130 cm³/mol. The van der Waals surface area contributed by atoms with Crippen molar-refractivity contribution in [2.75, 3.05) is 38.2 Å². The van der Waals surface area contributed by atoms with E-state index in [2.05, 4.69) is 30.1 Å². The van der Waals surface area contributed by atoms with Crippen LogP contribution < -0.4 is 5.32 Å². The fourth-order valence-electron chi connectivity index (χ4n) is 3.96. The SMILES string of the molecule is CC(C)N1CCc2c(sc(NC(=O)c3ccc(S(=O)(=O)N4CCOCC4)cc3)c2C#N)C1.Cl. The Hall–Kier alpha value is -2.00. The lowest BCUT2D eigenvalue weighted by atomic mass is 10.0. The summed E-state index contributed by atoms with van der Waals surface area (Å²) in [5.74, 6) is -0.365. The first-order valence-corrected chi connectivity index (χ1v) is 12.8. The van der Waals surface area contributed by atoms with Gasteiger partial charge in [0, 0.05) is 42.7 Å². The van der Waals surface area contributed by atoms with E-state index < -0.39 is 10.0 Å². The van der Waals surface area contributed by atoms with Gasteiger partial charge in [0.25, 0.3) is 5.91 Å². The van der Waals surface area contributed by atoms with Crippen molar-refractivity contribution in [3.05, 3.63) is 45.8 Å². The van der Waals surface area contributed by atoms with Gasteiger partial charge in [0.1, 0.15) is 11.1 Å². The number of thiophene rings is 1. The minimum atomic E-state index is -3.61. The summed E-state index contributed by atoms with van der Waals surface area (Å²) in [7, 11) is -3.61. The van der Waals surface area contributed by atoms with Crippen molar-refractivity contribution in [1.82, 2.24) is 9.21 Å². The van der Waals surface area contributed by atoms with Crippen LogP contribution in [0.3, 0.4) is 0 Å². The molecule has 178 valence electrons. The van der Waals surface area contributed by atoms with Crippen molar-refractivity contribution < 1.29 is 17.9 Å². The Labute approximate surface area is 204 Å². The fraction of sp³-hybridized carbons (Fsp3) is 0.455. The lowest BCUT2D eigenvalue weighted by Crippen LogP contribution is -2.40. The van der Waals surface area contributed by atoms with Crippen LogP contribution >= 0.6 is 23.7 Å². The summed E-state index contributed by atoms with van der Waals surface area (Å²) in [4.78, 5) is 16.4. The third-order valence-corrected chi connectivity index (χ3v) is 8.92. The zero-order valence-electron chi connectivity index (χ0n) is 18.5. The summed E-state index contributed by atoms with van der Waals surface area (Å²) >= 11 is 1.45. The molecule has 11 heteroatoms. The lowest BCUT2D eigenvalue weighted by Gasteiger charge is -2.30. The van der Waals surface area contributed by atoms with E-state index in [0.717, 1.165) is 30.0 Å². The Balaban J connectivity index is 0.00000306. The van der Waals surface area contributed by atoms with Crippen LogP contribution in [0.2, 0.25) is 0 Å². The molecule has 2 aromatic rings. The second kappa shape index (κ2) is 10.5. The largest absolute Gasteiger partial charge is 0.379 e. The number of hydrogen-bond acceptors (Lipinski definition) is 7. The molecule has 1 saturated heterocycles. The zero-order chi connectivity index (χ0) is 22.9. The van der Waals surface area contributed by atoms with E-state index in [0.29, 0.717) is 48.5 Å². The third-order valence-electron chi connectivity index (χ3n) is 5.88. The van der Waals surface area contributed by atoms with Crippen LogP contribution in [0.1, 0.15) is 40.2 Å². The average Bonchev–Trinajstić information content (AvgIpc) is 3.15. The number of morpholine rings is 1. The molecule has 0 spiro atoms. The molecule has 33 heavy (non-hydrogen) atoms. The Morgan fingerprint density at radius 2 is 1.85 bits per heavy atom. The van der Waals surface area contributed by atoms with Crippen LogP contribution in [-0.4, -0.2) is 62.4 Å². The van der Waals surface area contributed by atoms with Crippen LogP contribution in [0.25, 0.3) is 0 Å². The van der Waals surface area contributed by atoms with Gasteiger partial charge in [-0.2, -0.15) is 9.57 Å². The highest BCUT2D eigenvalue weighted by Gasteiger charge is 2.28. The van der Waals surface area contributed by atoms with E-state index in [1.54, 1.807) is 0 Å². The smallest absolute Gasteiger partial charge is 0.256 e. The molecule has 1 N–H and O–H groups in total. The summed E-state index contributed by atoms with van der Waals surface area (Å²) in [5.41, 5.74) is 1.90. The number of benzene rings is 1. The van der Waals surface area contributed by atoms with Crippen LogP contribution in [-0.2, 0) is 27.7 Å². The first kappa shape index (κ1) is 25.6. The zero-order valence-corrected chi connectivity index (χ0v) is 21.0. The van der Waals surface area contributed by atoms with Gasteiger partial charge in [0.15, 0.2) is 0 Å². The van der Waals surface area contributed by atoms with Crippen molar-refractivity contribution in [1.29, 1.82) is 5.26 Å². The maximum absolute atomic E-state index is 12.8. The standard InChI is InChI=1S/C22H26N4O4S2.ClH/c1-15(2)25-8-7-18-19(13-23)22(31-20(18)14-25)24-21(27)16-3-5-17(6-4-16)32(28,29)26-9-11-30-12-10-26;/h3-6,15H,7-12,14H2,1-2H3,(H,24,27);1H. The second-order valence-corrected chi connectivity index (χ2v) is 11.2. The summed E-state index contributed by atoms with van der Waals surface area (Å²) < 4.78 is 32.1. The molecule has 1 amide bonds. The summed E-state index contributed by atoms with van der Waals surface area (Å²) in [6.07, 6.45) is 0.789. The number of nitrogens with zero attached hydrogens (tertiary/aromatic N) is 3. The molecule has 4 rings (SSSR count). The number of ether oxygens (including phenoxy) is 1. The van der Waals surface area contributed by atoms with Gasteiger partial charge in [-0.1, -0.05) is 0 Å². The van der Waals surface area contributed by atoms with Crippen LogP contribution in [0.4, 0.5) is 5.00 Å². The van der Waals surface area contributed by atoms with Gasteiger partial charge < -0.3 is 10.1 Å². The maximum Gasteiger partial charge on any atom is 0.256 e.